The lowest BCUT2D eigenvalue weighted by Gasteiger charge is -2.39. The van der Waals surface area contributed by atoms with E-state index in [4.69, 9.17) is 18.9 Å². The van der Waals surface area contributed by atoms with E-state index in [1.54, 1.807) is 0 Å². The first-order valence-electron chi connectivity index (χ1n) is 26.4. The fourth-order valence-electron chi connectivity index (χ4n) is 8.29. The monoisotopic (exact) mass is 895 g/mol. The predicted octanol–water partition coefficient (Wildman–Crippen LogP) is 12.5. The molecule has 63 heavy (non-hydrogen) atoms. The maximum absolute atomic E-state index is 12.8. The Morgan fingerprint density at radius 3 is 1.40 bits per heavy atom. The number of unbranched alkanes of at least 4 members (excludes halogenated alkanes) is 32. The molecule has 4 N–H and O–H groups in total. The summed E-state index contributed by atoms with van der Waals surface area (Å²) in [6.45, 7) is 4.96. The number of hydrogen-bond acceptors (Lipinski definition) is 10. The van der Waals surface area contributed by atoms with Gasteiger partial charge in [0.15, 0.2) is 12.4 Å². The molecule has 0 aliphatic carbocycles. The molecule has 0 saturated carbocycles. The molecule has 0 aromatic rings. The first-order chi connectivity index (χ1) is 30.8. The summed E-state index contributed by atoms with van der Waals surface area (Å²) < 4.78 is 22.2. The molecule has 10 nitrogen and oxygen atoms in total. The van der Waals surface area contributed by atoms with Crippen LogP contribution in [0.5, 0.6) is 0 Å². The SMILES string of the molecule is C=CCCCCCCCCCCCCCCCC(=O)O[C@@H](COC(=O)CCC/C=C/CCCCCCCCCCCCCCCCCCCC)CO[C@H]1O[C@@H](CO)[C@@H](O)C(O)C1O. The highest BCUT2D eigenvalue weighted by Crippen LogP contribution is 2.23. The van der Waals surface area contributed by atoms with Crippen molar-refractivity contribution in [2.75, 3.05) is 19.8 Å². The second-order valence-electron chi connectivity index (χ2n) is 18.4. The number of allylic oxidation sites excluding steroid dienone is 3. The fraction of sp³-hybridized carbons (Fsp3) is 0.887. The maximum Gasteiger partial charge on any atom is 0.306 e. The third-order valence-electron chi connectivity index (χ3n) is 12.5. The molecule has 0 aromatic heterocycles. The molecule has 0 aromatic carbocycles. The number of esters is 2. The summed E-state index contributed by atoms with van der Waals surface area (Å²) in [5.74, 6) is -0.835. The molecular weight excluding hydrogens is 797 g/mol. The Labute approximate surface area is 385 Å². The summed E-state index contributed by atoms with van der Waals surface area (Å²) in [6, 6.07) is 0. The van der Waals surface area contributed by atoms with Crippen LogP contribution in [0, 0.1) is 0 Å². The Morgan fingerprint density at radius 1 is 0.524 bits per heavy atom. The molecule has 10 heteroatoms. The van der Waals surface area contributed by atoms with Crippen LogP contribution >= 0.6 is 0 Å². The van der Waals surface area contributed by atoms with Crippen LogP contribution in [-0.4, -0.2) is 89.0 Å². The van der Waals surface area contributed by atoms with Gasteiger partial charge in [0, 0.05) is 12.8 Å². The van der Waals surface area contributed by atoms with Gasteiger partial charge in [0.25, 0.3) is 0 Å². The molecule has 0 spiro atoms. The van der Waals surface area contributed by atoms with Crippen molar-refractivity contribution in [3.05, 3.63) is 24.8 Å². The summed E-state index contributed by atoms with van der Waals surface area (Å²) >= 11 is 0. The normalized spacial score (nSPS) is 19.4. The third-order valence-corrected chi connectivity index (χ3v) is 12.5. The first kappa shape index (κ1) is 59.2. The van der Waals surface area contributed by atoms with Gasteiger partial charge in [-0.3, -0.25) is 9.59 Å². The van der Waals surface area contributed by atoms with E-state index < -0.39 is 55.4 Å². The summed E-state index contributed by atoms with van der Waals surface area (Å²) in [4.78, 5) is 25.4. The smallest absolute Gasteiger partial charge is 0.306 e. The van der Waals surface area contributed by atoms with Crippen LogP contribution in [0.15, 0.2) is 24.8 Å². The van der Waals surface area contributed by atoms with Crippen LogP contribution in [0.4, 0.5) is 0 Å². The second kappa shape index (κ2) is 44.0. The van der Waals surface area contributed by atoms with Gasteiger partial charge in [-0.1, -0.05) is 205 Å². The number of carbonyl (C=O) groups is 2. The van der Waals surface area contributed by atoms with E-state index >= 15 is 0 Å². The summed E-state index contributed by atoms with van der Waals surface area (Å²) in [5.41, 5.74) is 0. The Kier molecular flexibility index (Phi) is 41.4. The van der Waals surface area contributed by atoms with Gasteiger partial charge in [0.05, 0.1) is 13.2 Å². The van der Waals surface area contributed by atoms with E-state index in [2.05, 4.69) is 25.7 Å². The van der Waals surface area contributed by atoms with E-state index in [1.165, 1.54) is 173 Å². The molecule has 1 aliphatic heterocycles. The van der Waals surface area contributed by atoms with Crippen molar-refractivity contribution < 1.29 is 49.0 Å². The van der Waals surface area contributed by atoms with Gasteiger partial charge in [0.1, 0.15) is 31.0 Å². The van der Waals surface area contributed by atoms with Crippen molar-refractivity contribution in [1.82, 2.24) is 0 Å². The highest BCUT2D eigenvalue weighted by Gasteiger charge is 2.44. The average Bonchev–Trinajstić information content (AvgIpc) is 3.28. The van der Waals surface area contributed by atoms with Crippen LogP contribution in [0.25, 0.3) is 0 Å². The molecule has 0 bridgehead atoms. The van der Waals surface area contributed by atoms with Crippen molar-refractivity contribution in [2.45, 2.75) is 281 Å². The van der Waals surface area contributed by atoms with Crippen molar-refractivity contribution in [2.24, 2.45) is 0 Å². The van der Waals surface area contributed by atoms with Crippen LogP contribution in [0.1, 0.15) is 244 Å². The average molecular weight is 895 g/mol. The van der Waals surface area contributed by atoms with E-state index in [0.717, 1.165) is 38.5 Å². The lowest BCUT2D eigenvalue weighted by Crippen LogP contribution is -2.59. The minimum atomic E-state index is -1.60. The fourth-order valence-corrected chi connectivity index (χ4v) is 8.29. The lowest BCUT2D eigenvalue weighted by molar-refractivity contribution is -0.305. The van der Waals surface area contributed by atoms with E-state index in [0.29, 0.717) is 12.8 Å². The third kappa shape index (κ3) is 35.1. The van der Waals surface area contributed by atoms with E-state index in [1.807, 2.05) is 6.08 Å². The molecule has 2 unspecified atom stereocenters. The summed E-state index contributed by atoms with van der Waals surface area (Å²) in [6.07, 6.45) is 42.4. The van der Waals surface area contributed by atoms with Crippen LogP contribution in [0.3, 0.4) is 0 Å². The second-order valence-corrected chi connectivity index (χ2v) is 18.4. The molecule has 1 heterocycles. The molecule has 0 radical (unpaired) electrons. The Balaban J connectivity index is 2.22. The number of ether oxygens (including phenoxy) is 4. The zero-order chi connectivity index (χ0) is 45.9. The summed E-state index contributed by atoms with van der Waals surface area (Å²) in [7, 11) is 0. The molecule has 1 rings (SSSR count). The minimum Gasteiger partial charge on any atom is -0.462 e. The zero-order valence-corrected chi connectivity index (χ0v) is 40.4. The van der Waals surface area contributed by atoms with Gasteiger partial charge in [-0.25, -0.2) is 0 Å². The predicted molar refractivity (Wildman–Crippen MR) is 256 cm³/mol. The van der Waals surface area contributed by atoms with E-state index in [-0.39, 0.29) is 26.1 Å². The Morgan fingerprint density at radius 2 is 0.937 bits per heavy atom. The molecule has 0 amide bonds. The minimum absolute atomic E-state index is 0.225. The van der Waals surface area contributed by atoms with E-state index in [9.17, 15) is 30.0 Å². The molecular formula is C53H98O10. The maximum atomic E-state index is 12.8. The van der Waals surface area contributed by atoms with Crippen LogP contribution < -0.4 is 0 Å². The number of aliphatic hydroxyl groups excluding tert-OH is 4. The topological polar surface area (TPSA) is 152 Å². The molecule has 370 valence electrons. The Hall–Kier alpha value is -1.82. The van der Waals surface area contributed by atoms with Crippen molar-refractivity contribution in [1.29, 1.82) is 0 Å². The van der Waals surface area contributed by atoms with Gasteiger partial charge in [-0.2, -0.15) is 0 Å². The highest BCUT2D eigenvalue weighted by atomic mass is 16.7. The van der Waals surface area contributed by atoms with Crippen molar-refractivity contribution in [3.63, 3.8) is 0 Å². The van der Waals surface area contributed by atoms with Crippen molar-refractivity contribution in [3.8, 4) is 0 Å². The molecule has 1 fully saturated rings. The standard InChI is InChI=1S/C53H98O10/c1-3-5-7-9-11-13-15-17-19-20-21-22-23-24-25-26-28-29-31-33-35-37-39-41-48(55)60-44-46(45-61-53-52(59)51(58)50(57)47(43-54)63-53)62-49(56)42-40-38-36-34-32-30-27-18-16-14-12-10-8-6-4-2/h4,33,35,46-47,50-54,57-59H,2-3,5-32,34,36-45H2,1H3/b35-33+/t46-,47-,50+,51?,52?,53-/m0/s1. The number of aliphatic hydroxyl groups is 4. The first-order valence-corrected chi connectivity index (χ1v) is 26.4. The van der Waals surface area contributed by atoms with Crippen LogP contribution in [0.2, 0.25) is 0 Å². The largest absolute Gasteiger partial charge is 0.462 e. The zero-order valence-electron chi connectivity index (χ0n) is 40.4. The number of rotatable bonds is 46. The van der Waals surface area contributed by atoms with Gasteiger partial charge in [-0.15, -0.1) is 6.58 Å². The lowest BCUT2D eigenvalue weighted by atomic mass is 9.99. The molecule has 1 saturated heterocycles. The van der Waals surface area contributed by atoms with Gasteiger partial charge in [-0.05, 0) is 44.9 Å². The highest BCUT2D eigenvalue weighted by molar-refractivity contribution is 5.70. The molecule has 6 atom stereocenters. The van der Waals surface area contributed by atoms with Gasteiger partial charge in [0.2, 0.25) is 0 Å². The number of carbonyl (C=O) groups excluding carboxylic acids is 2. The quantitative estimate of drug-likeness (QED) is 0.0264. The van der Waals surface area contributed by atoms with Gasteiger partial charge < -0.3 is 39.4 Å². The Bertz CT molecular complexity index is 1070. The number of hydrogen-bond donors (Lipinski definition) is 4. The molecule has 1 aliphatic rings. The van der Waals surface area contributed by atoms with Gasteiger partial charge >= 0.3 is 11.9 Å². The summed E-state index contributed by atoms with van der Waals surface area (Å²) in [5, 5.41) is 40.2. The van der Waals surface area contributed by atoms with Crippen LogP contribution in [-0.2, 0) is 28.5 Å². The van der Waals surface area contributed by atoms with Crippen molar-refractivity contribution >= 4 is 11.9 Å².